The summed E-state index contributed by atoms with van der Waals surface area (Å²) in [6.45, 7) is 23.3. The van der Waals surface area contributed by atoms with E-state index < -0.39 is 0 Å². The number of amides is 1. The summed E-state index contributed by atoms with van der Waals surface area (Å²) >= 11 is 0. The number of carbonyl (C=O) groups excluding carboxylic acids is 2. The lowest BCUT2D eigenvalue weighted by Gasteiger charge is -2.58. The molecule has 5 unspecified atom stereocenters. The number of aliphatic hydroxyl groups excluding tert-OH is 1. The van der Waals surface area contributed by atoms with Gasteiger partial charge in [-0.25, -0.2) is 4.79 Å². The molecule has 0 aromatic carbocycles. The second-order valence-electron chi connectivity index (χ2n) is 22.3. The van der Waals surface area contributed by atoms with Gasteiger partial charge in [0, 0.05) is 71.9 Å². The topological polar surface area (TPSA) is 122 Å². The minimum atomic E-state index is -0.281. The van der Waals surface area contributed by atoms with E-state index in [9.17, 15) is 9.59 Å². The van der Waals surface area contributed by atoms with E-state index in [2.05, 4.69) is 52.9 Å². The number of ether oxygens (including phenoxy) is 6. The van der Waals surface area contributed by atoms with Crippen LogP contribution >= 0.6 is 0 Å². The zero-order valence-electron chi connectivity index (χ0n) is 44.7. The number of nitrogens with one attached hydrogen (secondary N) is 1. The number of methoxy groups -OCH3 is 1. The lowest BCUT2D eigenvalue weighted by molar-refractivity contribution is -0.119. The van der Waals surface area contributed by atoms with Crippen molar-refractivity contribution in [3.05, 3.63) is 11.6 Å². The molecule has 67 heavy (non-hydrogen) atoms. The molecule has 4 aliphatic carbocycles. The molecule has 0 heterocycles. The SMILES string of the molecule is CCCOCCOCCOCCCNC(=O)O[C@@H]1CC[C@]2(C)C(=CCC3C4CCC([C@@H](C)CCCC(C)C)[C@]4(C)CCC32)C1.COCCCCCCCCCC(=O)CCCCOCC(C)CO. The second kappa shape index (κ2) is 34.7. The van der Waals surface area contributed by atoms with Gasteiger partial charge in [-0.05, 0) is 130 Å². The highest BCUT2D eigenvalue weighted by atomic mass is 16.6. The Morgan fingerprint density at radius 3 is 2.04 bits per heavy atom. The van der Waals surface area contributed by atoms with Crippen LogP contribution in [0.1, 0.15) is 203 Å². The van der Waals surface area contributed by atoms with Gasteiger partial charge in [0.05, 0.1) is 33.0 Å². The summed E-state index contributed by atoms with van der Waals surface area (Å²) in [7, 11) is 1.75. The van der Waals surface area contributed by atoms with E-state index in [1.165, 1.54) is 83.5 Å². The first-order valence-corrected chi connectivity index (χ1v) is 28.0. The average Bonchev–Trinajstić information content (AvgIpc) is 3.67. The maximum atomic E-state index is 12.6. The summed E-state index contributed by atoms with van der Waals surface area (Å²) in [5.41, 5.74) is 2.39. The molecule has 2 N–H and O–H groups in total. The van der Waals surface area contributed by atoms with Crippen LogP contribution in [0.2, 0.25) is 0 Å². The Bertz CT molecular complexity index is 1330. The number of fused-ring (bicyclic) bond motifs is 5. The smallest absolute Gasteiger partial charge is 0.407 e. The number of hydrogen-bond acceptors (Lipinski definition) is 9. The van der Waals surface area contributed by atoms with Crippen molar-refractivity contribution in [2.24, 2.45) is 52.3 Å². The van der Waals surface area contributed by atoms with Crippen molar-refractivity contribution < 1.29 is 43.1 Å². The lowest BCUT2D eigenvalue weighted by Crippen LogP contribution is -2.51. The summed E-state index contributed by atoms with van der Waals surface area (Å²) in [4.78, 5) is 24.3. The standard InChI is InChI=1S/C38H67NO5.C19H38O4/c1-7-21-41-23-25-43-26-24-42-22-9-20-39-36(40)44-31-16-18-37(5)30(27-31)12-13-32-34-15-14-33(29(4)11-8-10-28(2)3)38(34,6)19-17-35(32)37;1-18(16-20)17-23-15-11-9-13-19(21)12-8-6-4-3-5-7-10-14-22-2/h12,28-29,31-35H,7-11,13-27H2,1-6H3,(H,39,40);18,20H,3-17H2,1-2H3/t29-,31+,32?,33?,34?,35?,37+,38-;/m0./s1. The van der Waals surface area contributed by atoms with Gasteiger partial charge < -0.3 is 38.8 Å². The Hall–Kier alpha value is -1.56. The fourth-order valence-corrected chi connectivity index (χ4v) is 12.4. The van der Waals surface area contributed by atoms with Crippen LogP contribution in [-0.4, -0.2) is 103 Å². The number of rotatable bonds is 36. The third-order valence-corrected chi connectivity index (χ3v) is 16.4. The normalized spacial score (nSPS) is 26.4. The highest BCUT2D eigenvalue weighted by molar-refractivity contribution is 5.78. The van der Waals surface area contributed by atoms with Crippen molar-refractivity contribution >= 4 is 11.9 Å². The largest absolute Gasteiger partial charge is 0.446 e. The molecule has 9 atom stereocenters. The molecule has 1 amide bonds. The monoisotopic (exact) mass is 948 g/mol. The summed E-state index contributed by atoms with van der Waals surface area (Å²) in [6, 6.07) is 0. The number of alkyl carbamates (subject to hydrolysis) is 1. The third-order valence-electron chi connectivity index (χ3n) is 16.4. The van der Waals surface area contributed by atoms with E-state index in [-0.39, 0.29) is 30.1 Å². The van der Waals surface area contributed by atoms with Crippen molar-refractivity contribution in [1.82, 2.24) is 5.32 Å². The molecule has 4 rings (SSSR count). The molecule has 0 aromatic heterocycles. The molecular formula is C57H105NO9. The number of allylic oxidation sites excluding steroid dienone is 1. The van der Waals surface area contributed by atoms with Gasteiger partial charge in [0.2, 0.25) is 0 Å². The van der Waals surface area contributed by atoms with Gasteiger partial charge in [-0.3, -0.25) is 4.79 Å². The molecule has 10 heteroatoms. The molecule has 3 saturated carbocycles. The molecule has 0 saturated heterocycles. The predicted octanol–water partition coefficient (Wildman–Crippen LogP) is 13.1. The zero-order valence-corrected chi connectivity index (χ0v) is 44.7. The van der Waals surface area contributed by atoms with Crippen molar-refractivity contribution in [2.75, 3.05) is 79.7 Å². The fourth-order valence-electron chi connectivity index (χ4n) is 12.4. The average molecular weight is 948 g/mol. The summed E-state index contributed by atoms with van der Waals surface area (Å²) in [5.74, 6) is 5.71. The van der Waals surface area contributed by atoms with E-state index in [1.807, 2.05) is 6.92 Å². The molecule has 0 radical (unpaired) electrons. The van der Waals surface area contributed by atoms with Crippen molar-refractivity contribution in [2.45, 2.75) is 209 Å². The van der Waals surface area contributed by atoms with Gasteiger partial charge in [-0.2, -0.15) is 0 Å². The Labute approximate surface area is 411 Å². The number of carbonyl (C=O) groups is 2. The Morgan fingerprint density at radius 2 is 1.36 bits per heavy atom. The van der Waals surface area contributed by atoms with Crippen LogP contribution in [0, 0.1) is 52.3 Å². The highest BCUT2D eigenvalue weighted by Crippen LogP contribution is 2.67. The molecule has 0 bridgehead atoms. The number of ketones is 1. The molecular weight excluding hydrogens is 843 g/mol. The molecule has 0 aromatic rings. The molecule has 4 aliphatic rings. The van der Waals surface area contributed by atoms with E-state index in [1.54, 1.807) is 12.7 Å². The number of Topliss-reactive ketones (excluding diaryl/α,β-unsaturated/α-hetero) is 1. The number of unbranched alkanes of at least 4 members (excludes halogenated alkanes) is 7. The van der Waals surface area contributed by atoms with Crippen molar-refractivity contribution in [3.63, 3.8) is 0 Å². The first kappa shape index (κ1) is 59.7. The molecule has 0 aliphatic heterocycles. The highest BCUT2D eigenvalue weighted by Gasteiger charge is 2.59. The van der Waals surface area contributed by atoms with Gasteiger partial charge in [0.1, 0.15) is 11.9 Å². The second-order valence-corrected chi connectivity index (χ2v) is 22.3. The molecule has 10 nitrogen and oxygen atoms in total. The summed E-state index contributed by atoms with van der Waals surface area (Å²) in [6.07, 6.45) is 30.0. The van der Waals surface area contributed by atoms with Gasteiger partial charge in [0.15, 0.2) is 0 Å². The fraction of sp³-hybridized carbons (Fsp3) is 0.930. The van der Waals surface area contributed by atoms with Gasteiger partial charge >= 0.3 is 6.09 Å². The van der Waals surface area contributed by atoms with Gasteiger partial charge in [0.25, 0.3) is 0 Å². The lowest BCUT2D eigenvalue weighted by atomic mass is 9.47. The predicted molar refractivity (Wildman–Crippen MR) is 273 cm³/mol. The maximum absolute atomic E-state index is 12.6. The van der Waals surface area contributed by atoms with Crippen molar-refractivity contribution in [1.29, 1.82) is 0 Å². The molecule has 392 valence electrons. The Morgan fingerprint density at radius 1 is 0.716 bits per heavy atom. The quantitative estimate of drug-likeness (QED) is 0.0467. The zero-order chi connectivity index (χ0) is 48.8. The van der Waals surface area contributed by atoms with Crippen LogP contribution in [-0.2, 0) is 33.2 Å². The molecule has 0 spiro atoms. The van der Waals surface area contributed by atoms with Crippen LogP contribution in [0.3, 0.4) is 0 Å². The van der Waals surface area contributed by atoms with Crippen LogP contribution in [0.25, 0.3) is 0 Å². The summed E-state index contributed by atoms with van der Waals surface area (Å²) < 4.78 is 32.9. The maximum Gasteiger partial charge on any atom is 0.407 e. The summed E-state index contributed by atoms with van der Waals surface area (Å²) in [5, 5.41) is 11.8. The van der Waals surface area contributed by atoms with Gasteiger partial charge in [-0.1, -0.05) is 111 Å². The Kier molecular flexibility index (Phi) is 31.0. The van der Waals surface area contributed by atoms with E-state index in [4.69, 9.17) is 33.5 Å². The first-order valence-electron chi connectivity index (χ1n) is 28.0. The van der Waals surface area contributed by atoms with Crippen LogP contribution in [0.5, 0.6) is 0 Å². The van der Waals surface area contributed by atoms with E-state index in [0.717, 1.165) is 113 Å². The number of hydrogen-bond donors (Lipinski definition) is 2. The first-order chi connectivity index (χ1) is 32.4. The number of aliphatic hydroxyl groups is 1. The minimum Gasteiger partial charge on any atom is -0.446 e. The van der Waals surface area contributed by atoms with E-state index in [0.29, 0.717) is 70.4 Å². The third kappa shape index (κ3) is 22.2. The van der Waals surface area contributed by atoms with Crippen LogP contribution < -0.4 is 5.32 Å². The van der Waals surface area contributed by atoms with Crippen molar-refractivity contribution in [3.8, 4) is 0 Å². The molecule has 3 fully saturated rings. The van der Waals surface area contributed by atoms with Crippen LogP contribution in [0.15, 0.2) is 11.6 Å². The van der Waals surface area contributed by atoms with Gasteiger partial charge in [-0.15, -0.1) is 0 Å². The van der Waals surface area contributed by atoms with Crippen LogP contribution in [0.4, 0.5) is 4.79 Å². The van der Waals surface area contributed by atoms with E-state index >= 15 is 0 Å². The Balaban J connectivity index is 0.000000439. The minimum absolute atomic E-state index is 0.00279.